The number of thiophene rings is 1. The van der Waals surface area contributed by atoms with Gasteiger partial charge < -0.3 is 14.7 Å². The van der Waals surface area contributed by atoms with Crippen LogP contribution >= 0.6 is 22.9 Å². The molecule has 2 heterocycles. The van der Waals surface area contributed by atoms with E-state index in [0.29, 0.717) is 16.7 Å². The standard InChI is InChI=1S/C17H18ClNO3S/c18-15-9-8-14(23-15)17(19-20)13-6-2-1-5-12(13)11-22-16-7-3-4-10-21-16/h1-2,5-6,8-9,16,20H,3-4,7,10-11H2/b19-17-. The second-order valence-electron chi connectivity index (χ2n) is 5.32. The van der Waals surface area contributed by atoms with Crippen molar-refractivity contribution >= 4 is 28.6 Å². The maximum absolute atomic E-state index is 9.47. The number of nitrogens with zero attached hydrogens (tertiary/aromatic N) is 1. The molecule has 0 spiro atoms. The summed E-state index contributed by atoms with van der Waals surface area (Å²) in [6.45, 7) is 1.17. The van der Waals surface area contributed by atoms with Crippen molar-refractivity contribution < 1.29 is 14.7 Å². The summed E-state index contributed by atoms with van der Waals surface area (Å²) in [5, 5.41) is 12.9. The Morgan fingerprint density at radius 1 is 1.30 bits per heavy atom. The van der Waals surface area contributed by atoms with E-state index in [1.165, 1.54) is 11.3 Å². The lowest BCUT2D eigenvalue weighted by Crippen LogP contribution is -2.22. The van der Waals surface area contributed by atoms with E-state index in [1.54, 1.807) is 6.07 Å². The lowest BCUT2D eigenvalue weighted by molar-refractivity contribution is -0.168. The number of benzene rings is 1. The Bertz CT molecular complexity index is 680. The summed E-state index contributed by atoms with van der Waals surface area (Å²) in [5.74, 6) is 0. The topological polar surface area (TPSA) is 51.1 Å². The molecule has 0 saturated carbocycles. The van der Waals surface area contributed by atoms with E-state index in [4.69, 9.17) is 21.1 Å². The largest absolute Gasteiger partial charge is 0.410 e. The van der Waals surface area contributed by atoms with E-state index in [9.17, 15) is 5.21 Å². The molecule has 122 valence electrons. The molecule has 4 nitrogen and oxygen atoms in total. The Morgan fingerprint density at radius 2 is 2.17 bits per heavy atom. The maximum atomic E-state index is 9.47. The van der Waals surface area contributed by atoms with Gasteiger partial charge >= 0.3 is 0 Å². The average Bonchev–Trinajstić information content (AvgIpc) is 3.02. The number of oxime groups is 1. The minimum Gasteiger partial charge on any atom is -0.410 e. The Hall–Kier alpha value is -1.40. The van der Waals surface area contributed by atoms with E-state index in [-0.39, 0.29) is 6.29 Å². The van der Waals surface area contributed by atoms with Gasteiger partial charge in [-0.1, -0.05) is 41.0 Å². The Labute approximate surface area is 144 Å². The van der Waals surface area contributed by atoms with Crippen LogP contribution in [0.25, 0.3) is 0 Å². The van der Waals surface area contributed by atoms with Gasteiger partial charge in [0.15, 0.2) is 6.29 Å². The molecule has 23 heavy (non-hydrogen) atoms. The minimum absolute atomic E-state index is 0.150. The third kappa shape index (κ3) is 4.12. The van der Waals surface area contributed by atoms with Crippen molar-refractivity contribution in [3.8, 4) is 0 Å². The van der Waals surface area contributed by atoms with Crippen molar-refractivity contribution in [1.29, 1.82) is 0 Å². The van der Waals surface area contributed by atoms with Gasteiger partial charge in [0.1, 0.15) is 5.71 Å². The molecule has 1 unspecified atom stereocenters. The number of hydrogen-bond acceptors (Lipinski definition) is 5. The summed E-state index contributed by atoms with van der Waals surface area (Å²) >= 11 is 7.37. The second kappa shape index (κ2) is 7.93. The van der Waals surface area contributed by atoms with Crippen LogP contribution in [0, 0.1) is 0 Å². The van der Waals surface area contributed by atoms with Crippen LogP contribution in [0.4, 0.5) is 0 Å². The van der Waals surface area contributed by atoms with Crippen LogP contribution in [0.2, 0.25) is 4.34 Å². The third-order valence-electron chi connectivity index (χ3n) is 3.74. The zero-order chi connectivity index (χ0) is 16.1. The van der Waals surface area contributed by atoms with Crippen LogP contribution in [0.3, 0.4) is 0 Å². The van der Waals surface area contributed by atoms with Crippen LogP contribution in [-0.2, 0) is 16.1 Å². The zero-order valence-electron chi connectivity index (χ0n) is 12.6. The van der Waals surface area contributed by atoms with Gasteiger partial charge in [-0.05, 0) is 37.0 Å². The van der Waals surface area contributed by atoms with Gasteiger partial charge in [-0.2, -0.15) is 0 Å². The molecule has 1 N–H and O–H groups in total. The molecule has 2 aromatic rings. The first kappa shape index (κ1) is 16.5. The van der Waals surface area contributed by atoms with Gasteiger partial charge in [-0.15, -0.1) is 11.3 Å². The molecular formula is C17H18ClNO3S. The number of rotatable bonds is 5. The molecule has 3 rings (SSSR count). The minimum atomic E-state index is -0.150. The highest BCUT2D eigenvalue weighted by Gasteiger charge is 2.17. The van der Waals surface area contributed by atoms with E-state index in [0.717, 1.165) is 41.9 Å². The summed E-state index contributed by atoms with van der Waals surface area (Å²) in [5.41, 5.74) is 2.30. The summed E-state index contributed by atoms with van der Waals surface area (Å²) in [4.78, 5) is 0.818. The molecular weight excluding hydrogens is 334 g/mol. The Balaban J connectivity index is 1.79. The molecule has 1 aliphatic rings. The molecule has 6 heteroatoms. The quantitative estimate of drug-likeness (QED) is 0.483. The van der Waals surface area contributed by atoms with Crippen LogP contribution in [-0.4, -0.2) is 23.8 Å². The highest BCUT2D eigenvalue weighted by Crippen LogP contribution is 2.26. The van der Waals surface area contributed by atoms with Crippen molar-refractivity contribution in [2.45, 2.75) is 32.2 Å². The van der Waals surface area contributed by atoms with Crippen LogP contribution in [0.5, 0.6) is 0 Å². The number of ether oxygens (including phenoxy) is 2. The number of halogens is 1. The van der Waals surface area contributed by atoms with Crippen molar-refractivity contribution in [3.05, 3.63) is 56.7 Å². The maximum Gasteiger partial charge on any atom is 0.158 e. The van der Waals surface area contributed by atoms with Crippen LogP contribution in [0.1, 0.15) is 35.3 Å². The predicted molar refractivity (Wildman–Crippen MR) is 91.6 cm³/mol. The molecule has 0 radical (unpaired) electrons. The van der Waals surface area contributed by atoms with Gasteiger partial charge in [-0.25, -0.2) is 0 Å². The fourth-order valence-corrected chi connectivity index (χ4v) is 3.62. The highest BCUT2D eigenvalue weighted by molar-refractivity contribution is 7.18. The summed E-state index contributed by atoms with van der Waals surface area (Å²) in [6.07, 6.45) is 2.99. The third-order valence-corrected chi connectivity index (χ3v) is 4.98. The summed E-state index contributed by atoms with van der Waals surface area (Å²) < 4.78 is 12.1. The average molecular weight is 352 g/mol. The summed E-state index contributed by atoms with van der Waals surface area (Å²) in [6, 6.07) is 11.4. The second-order valence-corrected chi connectivity index (χ2v) is 7.03. The van der Waals surface area contributed by atoms with Gasteiger partial charge in [0.2, 0.25) is 0 Å². The van der Waals surface area contributed by atoms with Crippen molar-refractivity contribution in [2.24, 2.45) is 5.16 Å². The van der Waals surface area contributed by atoms with Crippen molar-refractivity contribution in [1.82, 2.24) is 0 Å². The first-order valence-corrected chi connectivity index (χ1v) is 8.76. The normalized spacial score (nSPS) is 19.0. The fourth-order valence-electron chi connectivity index (χ4n) is 2.58. The monoisotopic (exact) mass is 351 g/mol. The van der Waals surface area contributed by atoms with Gasteiger partial charge in [-0.3, -0.25) is 0 Å². The molecule has 0 aliphatic carbocycles. The molecule has 1 aromatic carbocycles. The van der Waals surface area contributed by atoms with Crippen LogP contribution < -0.4 is 0 Å². The van der Waals surface area contributed by atoms with E-state index in [2.05, 4.69) is 5.16 Å². The van der Waals surface area contributed by atoms with E-state index < -0.39 is 0 Å². The first-order valence-electron chi connectivity index (χ1n) is 7.57. The van der Waals surface area contributed by atoms with E-state index in [1.807, 2.05) is 30.3 Å². The summed E-state index contributed by atoms with van der Waals surface area (Å²) in [7, 11) is 0. The zero-order valence-corrected chi connectivity index (χ0v) is 14.1. The van der Waals surface area contributed by atoms with Crippen LogP contribution in [0.15, 0.2) is 41.6 Å². The Morgan fingerprint density at radius 3 is 2.87 bits per heavy atom. The van der Waals surface area contributed by atoms with Gasteiger partial charge in [0.05, 0.1) is 15.8 Å². The number of hydrogen-bond donors (Lipinski definition) is 1. The lowest BCUT2D eigenvalue weighted by Gasteiger charge is -2.23. The molecule has 1 atom stereocenters. The molecule has 0 bridgehead atoms. The lowest BCUT2D eigenvalue weighted by atomic mass is 10.0. The van der Waals surface area contributed by atoms with Crippen molar-refractivity contribution in [3.63, 3.8) is 0 Å². The molecule has 1 saturated heterocycles. The first-order chi connectivity index (χ1) is 11.3. The highest BCUT2D eigenvalue weighted by atomic mass is 35.5. The molecule has 1 fully saturated rings. The molecule has 1 aliphatic heterocycles. The fraction of sp³-hybridized carbons (Fsp3) is 0.353. The van der Waals surface area contributed by atoms with Gasteiger partial charge in [0.25, 0.3) is 0 Å². The SMILES string of the molecule is O/N=C(\c1ccc(Cl)s1)c1ccccc1COC1CCCCO1. The Kier molecular flexibility index (Phi) is 5.67. The van der Waals surface area contributed by atoms with Crippen molar-refractivity contribution in [2.75, 3.05) is 6.61 Å². The molecule has 0 amide bonds. The molecule has 1 aromatic heterocycles. The van der Waals surface area contributed by atoms with E-state index >= 15 is 0 Å². The predicted octanol–water partition coefficient (Wildman–Crippen LogP) is 4.67. The van der Waals surface area contributed by atoms with Gasteiger partial charge in [0, 0.05) is 12.2 Å². The smallest absolute Gasteiger partial charge is 0.158 e.